The van der Waals surface area contributed by atoms with Gasteiger partial charge in [-0.1, -0.05) is 27.5 Å². The van der Waals surface area contributed by atoms with Crippen molar-refractivity contribution in [1.82, 2.24) is 9.55 Å². The fraction of sp³-hybridized carbons (Fsp3) is 0.182. The predicted molar refractivity (Wildman–Crippen MR) is 68.4 cm³/mol. The Bertz CT molecular complexity index is 510. The molecular weight excluding hydrogens is 289 g/mol. The molecule has 2 N–H and O–H groups in total. The van der Waals surface area contributed by atoms with Crippen molar-refractivity contribution in [1.29, 1.82) is 0 Å². The van der Waals surface area contributed by atoms with E-state index in [9.17, 15) is 0 Å². The Labute approximate surface area is 107 Å². The molecular formula is C11H11BrClN3. The monoisotopic (exact) mass is 299 g/mol. The minimum Gasteiger partial charge on any atom is -0.336 e. The molecule has 0 spiro atoms. The van der Waals surface area contributed by atoms with Gasteiger partial charge in [-0.15, -0.1) is 0 Å². The van der Waals surface area contributed by atoms with E-state index in [1.807, 2.05) is 36.0 Å². The highest BCUT2D eigenvalue weighted by molar-refractivity contribution is 9.10. The largest absolute Gasteiger partial charge is 0.336 e. The predicted octanol–water partition coefficient (Wildman–Crippen LogP) is 2.88. The molecule has 1 heterocycles. The highest BCUT2D eigenvalue weighted by Crippen LogP contribution is 2.28. The summed E-state index contributed by atoms with van der Waals surface area (Å²) in [6.07, 6.45) is 3.59. The Morgan fingerprint density at radius 2 is 2.25 bits per heavy atom. The molecule has 0 aliphatic rings. The smallest absolute Gasteiger partial charge is 0.130 e. The Hall–Kier alpha value is -0.840. The second-order valence-electron chi connectivity index (χ2n) is 3.54. The third kappa shape index (κ3) is 2.14. The number of nitrogens with two attached hydrogens (primary N) is 1. The van der Waals surface area contributed by atoms with Crippen LogP contribution in [0, 0.1) is 0 Å². The lowest BCUT2D eigenvalue weighted by molar-refractivity contribution is 0.717. The van der Waals surface area contributed by atoms with Gasteiger partial charge in [0.15, 0.2) is 0 Å². The molecule has 0 aliphatic heterocycles. The maximum absolute atomic E-state index is 6.14. The van der Waals surface area contributed by atoms with Gasteiger partial charge in [0.1, 0.15) is 5.82 Å². The van der Waals surface area contributed by atoms with Crippen LogP contribution < -0.4 is 5.73 Å². The highest BCUT2D eigenvalue weighted by Gasteiger charge is 2.16. The van der Waals surface area contributed by atoms with Crippen LogP contribution in [0.3, 0.4) is 0 Å². The van der Waals surface area contributed by atoms with Gasteiger partial charge in [-0.05, 0) is 23.8 Å². The minimum atomic E-state index is -0.315. The van der Waals surface area contributed by atoms with Gasteiger partial charge >= 0.3 is 0 Å². The summed E-state index contributed by atoms with van der Waals surface area (Å²) in [5.41, 5.74) is 7.01. The van der Waals surface area contributed by atoms with Crippen LogP contribution in [-0.4, -0.2) is 9.55 Å². The second-order valence-corrected chi connectivity index (χ2v) is 4.86. The first-order valence-electron chi connectivity index (χ1n) is 4.77. The van der Waals surface area contributed by atoms with Crippen LogP contribution in [-0.2, 0) is 7.05 Å². The number of aromatic nitrogens is 2. The van der Waals surface area contributed by atoms with Crippen molar-refractivity contribution in [3.63, 3.8) is 0 Å². The molecule has 1 atom stereocenters. The number of nitrogens with zero attached hydrogens (tertiary/aromatic N) is 2. The molecule has 1 aromatic carbocycles. The molecule has 2 rings (SSSR count). The van der Waals surface area contributed by atoms with Gasteiger partial charge in [0, 0.05) is 28.9 Å². The first-order valence-corrected chi connectivity index (χ1v) is 5.94. The van der Waals surface area contributed by atoms with E-state index >= 15 is 0 Å². The van der Waals surface area contributed by atoms with Crippen LogP contribution in [0.15, 0.2) is 35.1 Å². The van der Waals surface area contributed by atoms with Crippen molar-refractivity contribution < 1.29 is 0 Å². The molecule has 84 valence electrons. The Morgan fingerprint density at radius 1 is 1.50 bits per heavy atom. The van der Waals surface area contributed by atoms with Crippen molar-refractivity contribution in [3.05, 3.63) is 51.5 Å². The molecule has 0 aliphatic carbocycles. The van der Waals surface area contributed by atoms with E-state index in [1.54, 1.807) is 6.20 Å². The zero-order chi connectivity index (χ0) is 11.7. The van der Waals surface area contributed by atoms with Crippen LogP contribution in [0.25, 0.3) is 0 Å². The summed E-state index contributed by atoms with van der Waals surface area (Å²) in [5, 5.41) is 0.652. The number of rotatable bonds is 2. The molecule has 3 nitrogen and oxygen atoms in total. The molecule has 2 aromatic rings. The molecule has 0 amide bonds. The zero-order valence-electron chi connectivity index (χ0n) is 8.69. The lowest BCUT2D eigenvalue weighted by atomic mass is 10.1. The van der Waals surface area contributed by atoms with Crippen LogP contribution in [0.4, 0.5) is 0 Å². The van der Waals surface area contributed by atoms with Gasteiger partial charge in [-0.2, -0.15) is 0 Å². The average Bonchev–Trinajstić information content (AvgIpc) is 2.67. The van der Waals surface area contributed by atoms with E-state index in [4.69, 9.17) is 17.3 Å². The molecule has 0 fully saturated rings. The van der Waals surface area contributed by atoms with Gasteiger partial charge in [0.05, 0.1) is 6.04 Å². The first kappa shape index (κ1) is 11.6. The van der Waals surface area contributed by atoms with Crippen LogP contribution in [0.2, 0.25) is 5.02 Å². The van der Waals surface area contributed by atoms with Gasteiger partial charge in [-0.3, -0.25) is 0 Å². The Morgan fingerprint density at radius 3 is 2.88 bits per heavy atom. The molecule has 1 unspecified atom stereocenters. The molecule has 16 heavy (non-hydrogen) atoms. The van der Waals surface area contributed by atoms with E-state index in [-0.39, 0.29) is 6.04 Å². The zero-order valence-corrected chi connectivity index (χ0v) is 11.0. The van der Waals surface area contributed by atoms with Gasteiger partial charge in [0.2, 0.25) is 0 Å². The summed E-state index contributed by atoms with van der Waals surface area (Å²) < 4.78 is 2.85. The number of aryl methyl sites for hydroxylation is 1. The van der Waals surface area contributed by atoms with Crippen molar-refractivity contribution in [2.24, 2.45) is 12.8 Å². The quantitative estimate of drug-likeness (QED) is 0.927. The summed E-state index contributed by atoms with van der Waals surface area (Å²) in [4.78, 5) is 4.23. The highest BCUT2D eigenvalue weighted by atomic mass is 79.9. The number of halogens is 2. The normalized spacial score (nSPS) is 12.8. The van der Waals surface area contributed by atoms with E-state index in [0.717, 1.165) is 15.9 Å². The summed E-state index contributed by atoms with van der Waals surface area (Å²) >= 11 is 9.53. The number of hydrogen-bond acceptors (Lipinski definition) is 2. The van der Waals surface area contributed by atoms with Gasteiger partial charge < -0.3 is 10.3 Å². The maximum Gasteiger partial charge on any atom is 0.130 e. The van der Waals surface area contributed by atoms with E-state index in [2.05, 4.69) is 20.9 Å². The maximum atomic E-state index is 6.14. The topological polar surface area (TPSA) is 43.8 Å². The third-order valence-corrected chi connectivity index (χ3v) is 3.27. The molecule has 0 bridgehead atoms. The molecule has 0 saturated heterocycles. The van der Waals surface area contributed by atoms with Crippen molar-refractivity contribution in [2.75, 3.05) is 0 Å². The standard InChI is InChI=1S/C11H11BrClN3/c1-16-5-4-15-11(16)10(14)8-6-7(12)2-3-9(8)13/h2-6,10H,14H2,1H3. The van der Waals surface area contributed by atoms with E-state index < -0.39 is 0 Å². The molecule has 0 saturated carbocycles. The summed E-state index contributed by atoms with van der Waals surface area (Å²) in [7, 11) is 1.91. The lowest BCUT2D eigenvalue weighted by Gasteiger charge is -2.13. The Kier molecular flexibility index (Phi) is 3.33. The minimum absolute atomic E-state index is 0.315. The fourth-order valence-corrected chi connectivity index (χ4v) is 2.18. The van der Waals surface area contributed by atoms with Crippen molar-refractivity contribution in [2.45, 2.75) is 6.04 Å². The fourth-order valence-electron chi connectivity index (χ4n) is 1.57. The number of imidazole rings is 1. The van der Waals surface area contributed by atoms with Crippen molar-refractivity contribution >= 4 is 27.5 Å². The number of benzene rings is 1. The Balaban J connectivity index is 2.45. The van der Waals surface area contributed by atoms with Crippen LogP contribution >= 0.6 is 27.5 Å². The van der Waals surface area contributed by atoms with Crippen LogP contribution in [0.5, 0.6) is 0 Å². The summed E-state index contributed by atoms with van der Waals surface area (Å²) in [5.74, 6) is 0.792. The van der Waals surface area contributed by atoms with Gasteiger partial charge in [0.25, 0.3) is 0 Å². The SMILES string of the molecule is Cn1ccnc1C(N)c1cc(Br)ccc1Cl. The molecule has 0 radical (unpaired) electrons. The van der Waals surface area contributed by atoms with E-state index in [1.165, 1.54) is 0 Å². The summed E-state index contributed by atoms with van der Waals surface area (Å²) in [6.45, 7) is 0. The van der Waals surface area contributed by atoms with Crippen molar-refractivity contribution in [3.8, 4) is 0 Å². The third-order valence-electron chi connectivity index (χ3n) is 2.43. The van der Waals surface area contributed by atoms with E-state index in [0.29, 0.717) is 5.02 Å². The number of hydrogen-bond donors (Lipinski definition) is 1. The molecule has 1 aromatic heterocycles. The second kappa shape index (κ2) is 4.57. The average molecular weight is 301 g/mol. The van der Waals surface area contributed by atoms with Crippen LogP contribution in [0.1, 0.15) is 17.4 Å². The molecule has 5 heteroatoms. The van der Waals surface area contributed by atoms with Gasteiger partial charge in [-0.25, -0.2) is 4.98 Å². The lowest BCUT2D eigenvalue weighted by Crippen LogP contribution is -2.17. The summed E-state index contributed by atoms with van der Waals surface area (Å²) in [6, 6.07) is 5.31. The first-order chi connectivity index (χ1) is 7.59.